The lowest BCUT2D eigenvalue weighted by molar-refractivity contribution is -0.137. The van der Waals surface area contributed by atoms with Crippen molar-refractivity contribution in [1.82, 2.24) is 15.2 Å². The number of aromatic nitrogens is 1. The molecule has 1 N–H and O–H groups in total. The lowest BCUT2D eigenvalue weighted by atomic mass is 10.0. The van der Waals surface area contributed by atoms with Crippen LogP contribution in [0.3, 0.4) is 0 Å². The first-order valence-electron chi connectivity index (χ1n) is 9.43. The topological polar surface area (TPSA) is 57.7 Å². The zero-order valence-corrected chi connectivity index (χ0v) is 16.2. The number of nitrogens with one attached hydrogen (secondary N) is 1. The first-order valence-corrected chi connectivity index (χ1v) is 9.80. The third-order valence-corrected chi connectivity index (χ3v) is 5.39. The van der Waals surface area contributed by atoms with Crippen molar-refractivity contribution in [3.8, 4) is 0 Å². The summed E-state index contributed by atoms with van der Waals surface area (Å²) in [5, 5.41) is 2.95. The van der Waals surface area contributed by atoms with Crippen molar-refractivity contribution in [2.45, 2.75) is 25.4 Å². The largest absolute Gasteiger partial charge is 0.417 e. The van der Waals surface area contributed by atoms with E-state index >= 15 is 0 Å². The molecule has 2 fully saturated rings. The third kappa shape index (κ3) is 5.41. The Hall–Kier alpha value is -1.74. The van der Waals surface area contributed by atoms with E-state index in [0.717, 1.165) is 38.3 Å². The summed E-state index contributed by atoms with van der Waals surface area (Å²) in [6, 6.07) is 0.785. The Morgan fingerprint density at radius 1 is 1.25 bits per heavy atom. The van der Waals surface area contributed by atoms with Crippen LogP contribution in [0.25, 0.3) is 0 Å². The molecule has 1 aromatic heterocycles. The van der Waals surface area contributed by atoms with Gasteiger partial charge in [0.25, 0.3) is 0 Å². The van der Waals surface area contributed by atoms with E-state index in [1.165, 1.54) is 0 Å². The van der Waals surface area contributed by atoms with Crippen molar-refractivity contribution in [3.63, 3.8) is 0 Å². The van der Waals surface area contributed by atoms with Crippen LogP contribution in [0.1, 0.15) is 24.8 Å². The van der Waals surface area contributed by atoms with Crippen LogP contribution in [0, 0.1) is 5.92 Å². The second kappa shape index (κ2) is 9.17. The quantitative estimate of drug-likeness (QED) is 0.814. The predicted octanol–water partition coefficient (Wildman–Crippen LogP) is 3.40. The van der Waals surface area contributed by atoms with E-state index in [4.69, 9.17) is 16.3 Å². The van der Waals surface area contributed by atoms with E-state index in [0.29, 0.717) is 50.9 Å². The van der Waals surface area contributed by atoms with Crippen molar-refractivity contribution in [1.29, 1.82) is 0 Å². The van der Waals surface area contributed by atoms with Crippen LogP contribution in [0.4, 0.5) is 23.8 Å². The number of carbonyl (C=O) groups is 1. The molecular weight excluding hydrogens is 397 g/mol. The number of nitrogens with zero attached hydrogens (tertiary/aromatic N) is 3. The van der Waals surface area contributed by atoms with Gasteiger partial charge in [-0.15, -0.1) is 0 Å². The Labute approximate surface area is 167 Å². The third-order valence-electron chi connectivity index (χ3n) is 5.11. The highest BCUT2D eigenvalue weighted by Crippen LogP contribution is 2.33. The molecule has 2 amide bonds. The SMILES string of the molecule is O=C(NCC1CCOCC1)N1CCCN(c2ncc(C(F)(F)F)cc2Cl)CC1. The number of alkyl halides is 3. The van der Waals surface area contributed by atoms with E-state index in [1.54, 1.807) is 4.90 Å². The molecule has 0 bridgehead atoms. The number of carbonyl (C=O) groups excluding carboxylic acids is 1. The average Bonchev–Trinajstić information content (AvgIpc) is 2.92. The van der Waals surface area contributed by atoms with Crippen LogP contribution in [-0.2, 0) is 10.9 Å². The molecule has 3 rings (SSSR count). The molecule has 156 valence electrons. The Morgan fingerprint density at radius 3 is 2.68 bits per heavy atom. The minimum absolute atomic E-state index is 0.0350. The maximum atomic E-state index is 12.8. The standard InChI is InChI=1S/C18H24ClF3N4O2/c19-15-10-14(18(20,21)22)12-23-16(15)25-4-1-5-26(7-6-25)17(27)24-11-13-2-8-28-9-3-13/h10,12-13H,1-9,11H2,(H,24,27). The highest BCUT2D eigenvalue weighted by Gasteiger charge is 2.32. The van der Waals surface area contributed by atoms with Gasteiger partial charge in [-0.05, 0) is 31.2 Å². The number of amides is 2. The van der Waals surface area contributed by atoms with E-state index in [9.17, 15) is 18.0 Å². The number of anilines is 1. The molecule has 10 heteroatoms. The molecule has 0 spiro atoms. The first kappa shape index (κ1) is 21.0. The summed E-state index contributed by atoms with van der Waals surface area (Å²) in [6.07, 6.45) is -1.10. The average molecular weight is 421 g/mol. The Bertz CT molecular complexity index is 683. The molecule has 0 atom stereocenters. The van der Waals surface area contributed by atoms with Crippen molar-refractivity contribution >= 4 is 23.4 Å². The number of halogens is 4. The molecule has 1 aromatic rings. The van der Waals surface area contributed by atoms with E-state index < -0.39 is 11.7 Å². The number of hydrogen-bond donors (Lipinski definition) is 1. The monoisotopic (exact) mass is 420 g/mol. The van der Waals surface area contributed by atoms with Crippen LogP contribution in [0.15, 0.2) is 12.3 Å². The molecule has 3 heterocycles. The molecule has 0 radical (unpaired) electrons. The van der Waals surface area contributed by atoms with Gasteiger partial charge in [-0.1, -0.05) is 11.6 Å². The predicted molar refractivity (Wildman–Crippen MR) is 99.6 cm³/mol. The van der Waals surface area contributed by atoms with Gasteiger partial charge in [0.1, 0.15) is 5.82 Å². The van der Waals surface area contributed by atoms with Gasteiger partial charge in [-0.25, -0.2) is 9.78 Å². The van der Waals surface area contributed by atoms with Crippen molar-refractivity contribution < 1.29 is 22.7 Å². The van der Waals surface area contributed by atoms with E-state index in [1.807, 2.05) is 4.90 Å². The fraction of sp³-hybridized carbons (Fsp3) is 0.667. The van der Waals surface area contributed by atoms with Gasteiger partial charge in [0.05, 0.1) is 10.6 Å². The molecule has 6 nitrogen and oxygen atoms in total. The Kier molecular flexibility index (Phi) is 6.87. The highest BCUT2D eigenvalue weighted by molar-refractivity contribution is 6.33. The van der Waals surface area contributed by atoms with E-state index in [2.05, 4.69) is 10.3 Å². The number of ether oxygens (including phenoxy) is 1. The summed E-state index contributed by atoms with van der Waals surface area (Å²) in [5.74, 6) is 0.760. The molecule has 2 aliphatic rings. The zero-order valence-electron chi connectivity index (χ0n) is 15.5. The summed E-state index contributed by atoms with van der Waals surface area (Å²) in [7, 11) is 0. The van der Waals surface area contributed by atoms with Crippen LogP contribution >= 0.6 is 11.6 Å². The van der Waals surface area contributed by atoms with Gasteiger partial charge in [0.15, 0.2) is 0 Å². The van der Waals surface area contributed by atoms with Gasteiger partial charge < -0.3 is 19.9 Å². The van der Waals surface area contributed by atoms with Gasteiger partial charge in [0, 0.05) is 52.1 Å². The molecular formula is C18H24ClF3N4O2. The van der Waals surface area contributed by atoms with Gasteiger partial charge in [-0.2, -0.15) is 13.2 Å². The Morgan fingerprint density at radius 2 is 2.00 bits per heavy atom. The second-order valence-corrected chi connectivity index (χ2v) is 7.50. The lowest BCUT2D eigenvalue weighted by Gasteiger charge is -2.26. The fourth-order valence-corrected chi connectivity index (χ4v) is 3.73. The number of hydrogen-bond acceptors (Lipinski definition) is 4. The number of rotatable bonds is 3. The zero-order chi connectivity index (χ0) is 20.1. The van der Waals surface area contributed by atoms with Crippen molar-refractivity contribution in [2.75, 3.05) is 50.8 Å². The molecule has 28 heavy (non-hydrogen) atoms. The fourth-order valence-electron chi connectivity index (χ4n) is 3.44. The van der Waals surface area contributed by atoms with Gasteiger partial charge in [-0.3, -0.25) is 0 Å². The van der Waals surface area contributed by atoms with Crippen LogP contribution < -0.4 is 10.2 Å². The first-order chi connectivity index (χ1) is 13.3. The Balaban J connectivity index is 1.55. The summed E-state index contributed by atoms with van der Waals surface area (Å²) in [4.78, 5) is 19.9. The van der Waals surface area contributed by atoms with Crippen LogP contribution in [-0.4, -0.2) is 61.9 Å². The molecule has 2 aliphatic heterocycles. The smallest absolute Gasteiger partial charge is 0.381 e. The minimum atomic E-state index is -4.48. The normalized spacial score (nSPS) is 19.4. The molecule has 0 aliphatic carbocycles. The second-order valence-electron chi connectivity index (χ2n) is 7.10. The van der Waals surface area contributed by atoms with Crippen molar-refractivity contribution in [2.24, 2.45) is 5.92 Å². The molecule has 0 aromatic carbocycles. The molecule has 2 saturated heterocycles. The van der Waals surface area contributed by atoms with E-state index in [-0.39, 0.29) is 11.1 Å². The van der Waals surface area contributed by atoms with Gasteiger partial charge >= 0.3 is 12.2 Å². The molecule has 0 saturated carbocycles. The van der Waals surface area contributed by atoms with Gasteiger partial charge in [0.2, 0.25) is 0 Å². The summed E-state index contributed by atoms with van der Waals surface area (Å²) in [6.45, 7) is 4.17. The number of pyridine rings is 1. The maximum absolute atomic E-state index is 12.8. The van der Waals surface area contributed by atoms with Crippen LogP contribution in [0.5, 0.6) is 0 Å². The van der Waals surface area contributed by atoms with Crippen molar-refractivity contribution in [3.05, 3.63) is 22.8 Å². The summed E-state index contributed by atoms with van der Waals surface area (Å²) in [5.41, 5.74) is -0.870. The summed E-state index contributed by atoms with van der Waals surface area (Å²) >= 11 is 6.05. The minimum Gasteiger partial charge on any atom is -0.381 e. The van der Waals surface area contributed by atoms with Crippen LogP contribution in [0.2, 0.25) is 5.02 Å². The maximum Gasteiger partial charge on any atom is 0.417 e. The lowest BCUT2D eigenvalue weighted by Crippen LogP contribution is -2.44. The summed E-state index contributed by atoms with van der Waals surface area (Å²) < 4.78 is 43.7. The molecule has 0 unspecified atom stereocenters. The highest BCUT2D eigenvalue weighted by atomic mass is 35.5. The number of urea groups is 1.